The Hall–Kier alpha value is -2.95. The molecule has 2 heterocycles. The van der Waals surface area contributed by atoms with Gasteiger partial charge in [0.05, 0.1) is 25.2 Å². The van der Waals surface area contributed by atoms with Crippen LogP contribution in [0.15, 0.2) is 54.6 Å². The van der Waals surface area contributed by atoms with Gasteiger partial charge in [0.25, 0.3) is 5.91 Å². The molecule has 2 amide bonds. The Bertz CT molecular complexity index is 1230. The molecule has 0 saturated carbocycles. The van der Waals surface area contributed by atoms with E-state index in [1.165, 1.54) is 10.6 Å². The maximum Gasteiger partial charge on any atom is 0.281 e. The van der Waals surface area contributed by atoms with Gasteiger partial charge in [0.2, 0.25) is 15.9 Å². The van der Waals surface area contributed by atoms with Crippen molar-refractivity contribution in [2.75, 3.05) is 36.8 Å². The molecule has 2 aliphatic heterocycles. The van der Waals surface area contributed by atoms with Crippen molar-refractivity contribution in [1.29, 1.82) is 0 Å². The Morgan fingerprint density at radius 2 is 1.70 bits per heavy atom. The minimum Gasteiger partial charge on any atom is -0.374 e. The van der Waals surface area contributed by atoms with E-state index >= 15 is 0 Å². The number of nitrogens with one attached hydrogen (secondary N) is 1. The van der Waals surface area contributed by atoms with Gasteiger partial charge in [-0.3, -0.25) is 13.9 Å². The van der Waals surface area contributed by atoms with Crippen LogP contribution >= 0.6 is 0 Å². The third kappa shape index (κ3) is 5.97. The van der Waals surface area contributed by atoms with Crippen molar-refractivity contribution >= 4 is 27.5 Å². The number of carbonyl (C=O) groups excluding carboxylic acids is 2. The number of nitrogens with zero attached hydrogens (tertiary/aromatic N) is 2. The number of fused-ring (bicyclic) bond motifs is 2. The van der Waals surface area contributed by atoms with Crippen LogP contribution in [0.2, 0.25) is 0 Å². The molecule has 4 N–H and O–H groups in total. The van der Waals surface area contributed by atoms with Gasteiger partial charge in [-0.25, -0.2) is 8.42 Å². The van der Waals surface area contributed by atoms with Crippen LogP contribution in [0.3, 0.4) is 0 Å². The molecule has 2 aliphatic rings. The number of sulfonamides is 1. The van der Waals surface area contributed by atoms with E-state index in [-0.39, 0.29) is 23.8 Å². The molecule has 1 fully saturated rings. The molecule has 2 aromatic rings. The van der Waals surface area contributed by atoms with Crippen molar-refractivity contribution in [3.63, 3.8) is 0 Å². The van der Waals surface area contributed by atoms with Gasteiger partial charge in [-0.1, -0.05) is 48.5 Å². The summed E-state index contributed by atoms with van der Waals surface area (Å²) < 4.78 is 32.3. The topological polar surface area (TPSA) is 124 Å². The van der Waals surface area contributed by atoms with E-state index in [4.69, 9.17) is 4.74 Å². The Kier molecular flexibility index (Phi) is 7.64. The number of hydrogen-bond acceptors (Lipinski definition) is 5. The normalized spacial score (nSPS) is 17.9. The van der Waals surface area contributed by atoms with E-state index in [0.717, 1.165) is 16.8 Å². The Balaban J connectivity index is 1.46. The number of likely N-dealkylation sites (tertiary alicyclic amines) is 1. The number of benzene rings is 2. The van der Waals surface area contributed by atoms with Crippen LogP contribution in [0.1, 0.15) is 37.8 Å². The van der Waals surface area contributed by atoms with Crippen molar-refractivity contribution in [2.45, 2.75) is 50.3 Å². The zero-order valence-corrected chi connectivity index (χ0v) is 22.6. The van der Waals surface area contributed by atoms with Crippen LogP contribution < -0.4 is 15.4 Å². The fraction of sp³-hybridized carbons (Fsp3) is 0.481. The van der Waals surface area contributed by atoms with Gasteiger partial charge in [0, 0.05) is 25.0 Å². The average Bonchev–Trinajstić information content (AvgIpc) is 3.18. The first kappa shape index (κ1) is 27.1. The number of hydrogen-bond donors (Lipinski definition) is 2. The molecule has 37 heavy (non-hydrogen) atoms. The molecule has 4 rings (SSSR count). The van der Waals surface area contributed by atoms with E-state index in [9.17, 15) is 18.0 Å². The maximum absolute atomic E-state index is 13.6. The van der Waals surface area contributed by atoms with Gasteiger partial charge in [0.15, 0.2) is 5.54 Å². The highest BCUT2D eigenvalue weighted by molar-refractivity contribution is 7.92. The van der Waals surface area contributed by atoms with Crippen LogP contribution in [-0.4, -0.2) is 69.2 Å². The first-order valence-corrected chi connectivity index (χ1v) is 14.4. The van der Waals surface area contributed by atoms with E-state index in [1.54, 1.807) is 18.7 Å². The van der Waals surface area contributed by atoms with Gasteiger partial charge in [0.1, 0.15) is 6.04 Å². The molecule has 0 aromatic heterocycles. The van der Waals surface area contributed by atoms with Gasteiger partial charge >= 0.3 is 0 Å². The summed E-state index contributed by atoms with van der Waals surface area (Å²) in [7, 11) is -3.41. The second-order valence-electron chi connectivity index (χ2n) is 10.8. The molecule has 200 valence electrons. The molecule has 1 atom stereocenters. The van der Waals surface area contributed by atoms with Crippen molar-refractivity contribution in [3.05, 3.63) is 65.7 Å². The highest BCUT2D eigenvalue weighted by Gasteiger charge is 2.48. The Morgan fingerprint density at radius 1 is 1.08 bits per heavy atom. The molecule has 1 saturated heterocycles. The summed E-state index contributed by atoms with van der Waals surface area (Å²) >= 11 is 0. The Morgan fingerprint density at radius 3 is 2.32 bits per heavy atom. The lowest BCUT2D eigenvalue weighted by molar-refractivity contribution is -0.446. The van der Waals surface area contributed by atoms with Crippen molar-refractivity contribution < 1.29 is 28.5 Å². The minimum atomic E-state index is -3.41. The number of carbonyl (C=O) groups is 2. The van der Waals surface area contributed by atoms with E-state index in [1.807, 2.05) is 54.6 Å². The minimum absolute atomic E-state index is 0.0435. The van der Waals surface area contributed by atoms with Crippen LogP contribution in [0, 0.1) is 0 Å². The zero-order valence-electron chi connectivity index (χ0n) is 21.8. The van der Waals surface area contributed by atoms with Crippen LogP contribution in [-0.2, 0) is 36.4 Å². The van der Waals surface area contributed by atoms with Gasteiger partial charge in [-0.2, -0.15) is 0 Å². The number of piperidine rings is 1. The summed E-state index contributed by atoms with van der Waals surface area (Å²) in [6.07, 6.45) is 2.50. The molecule has 9 nitrogen and oxygen atoms in total. The highest BCUT2D eigenvalue weighted by atomic mass is 32.2. The summed E-state index contributed by atoms with van der Waals surface area (Å²) in [4.78, 5) is 28.0. The number of quaternary nitrogens is 1. The number of amides is 2. The average molecular weight is 530 g/mol. The quantitative estimate of drug-likeness (QED) is 0.529. The maximum atomic E-state index is 13.6. The third-order valence-corrected chi connectivity index (χ3v) is 8.36. The summed E-state index contributed by atoms with van der Waals surface area (Å²) in [6.45, 7) is 5.07. The SMILES string of the molecule is CC(C)([NH3+])C(=O)N[C@H](COCc1ccccc1)C(=O)N1CCC2(CC1)CN(S(C)(=O)=O)c1ccccc12. The van der Waals surface area contributed by atoms with Crippen LogP contribution in [0.4, 0.5) is 5.69 Å². The predicted octanol–water partition coefficient (Wildman–Crippen LogP) is 1.05. The lowest BCUT2D eigenvalue weighted by Gasteiger charge is -2.41. The summed E-state index contributed by atoms with van der Waals surface area (Å²) in [5.41, 5.74) is 5.37. The number of para-hydroxylation sites is 1. The zero-order chi connectivity index (χ0) is 26.8. The number of rotatable bonds is 8. The molecule has 0 radical (unpaired) electrons. The first-order chi connectivity index (χ1) is 17.4. The monoisotopic (exact) mass is 529 g/mol. The molecule has 0 bridgehead atoms. The fourth-order valence-corrected chi connectivity index (χ4v) is 6.08. The van der Waals surface area contributed by atoms with Crippen molar-refractivity contribution in [1.82, 2.24) is 10.2 Å². The van der Waals surface area contributed by atoms with Gasteiger partial charge in [-0.15, -0.1) is 0 Å². The molecular weight excluding hydrogens is 492 g/mol. The lowest BCUT2D eigenvalue weighted by atomic mass is 9.74. The largest absolute Gasteiger partial charge is 0.374 e. The molecular formula is C27H37N4O5S+. The Labute approximate surface area is 219 Å². The fourth-order valence-electron chi connectivity index (χ4n) is 5.08. The smallest absolute Gasteiger partial charge is 0.281 e. The lowest BCUT2D eigenvalue weighted by Crippen LogP contribution is -2.76. The van der Waals surface area contributed by atoms with Crippen LogP contribution in [0.5, 0.6) is 0 Å². The summed E-state index contributed by atoms with van der Waals surface area (Å²) in [5, 5.41) is 2.84. The molecule has 0 unspecified atom stereocenters. The number of ether oxygens (including phenoxy) is 1. The second-order valence-corrected chi connectivity index (χ2v) is 12.7. The summed E-state index contributed by atoms with van der Waals surface area (Å²) in [5.74, 6) is -0.525. The van der Waals surface area contributed by atoms with Gasteiger partial charge < -0.3 is 20.7 Å². The first-order valence-electron chi connectivity index (χ1n) is 12.5. The summed E-state index contributed by atoms with van der Waals surface area (Å²) in [6, 6.07) is 16.4. The highest BCUT2D eigenvalue weighted by Crippen LogP contribution is 2.47. The number of anilines is 1. The molecule has 0 aliphatic carbocycles. The molecule has 2 aromatic carbocycles. The van der Waals surface area contributed by atoms with Crippen LogP contribution in [0.25, 0.3) is 0 Å². The van der Waals surface area contributed by atoms with Crippen molar-refractivity contribution in [2.24, 2.45) is 0 Å². The predicted molar refractivity (Wildman–Crippen MR) is 141 cm³/mol. The van der Waals surface area contributed by atoms with Crippen molar-refractivity contribution in [3.8, 4) is 0 Å². The van der Waals surface area contributed by atoms with E-state index < -0.39 is 21.6 Å². The van der Waals surface area contributed by atoms with E-state index in [0.29, 0.717) is 39.1 Å². The van der Waals surface area contributed by atoms with Gasteiger partial charge in [-0.05, 0) is 43.9 Å². The molecule has 10 heteroatoms. The third-order valence-electron chi connectivity index (χ3n) is 7.24. The standard InChI is InChI=1S/C27H36N4O5S/c1-26(2,28)25(33)29-22(18-36-17-20-9-5-4-6-10-20)24(32)30-15-13-27(14-16-30)19-31(37(3,34)35)23-12-8-7-11-21(23)27/h4-12,22H,13-19,28H2,1-3H3,(H,29,33)/p+1/t22-/m1/s1. The van der Waals surface area contributed by atoms with E-state index in [2.05, 4.69) is 11.1 Å². The molecule has 1 spiro atoms. The second kappa shape index (κ2) is 10.4.